The normalized spacial score (nSPS) is 22.0. The van der Waals surface area contributed by atoms with Gasteiger partial charge in [-0.3, -0.25) is 9.59 Å². The summed E-state index contributed by atoms with van der Waals surface area (Å²) in [6, 6.07) is 0. The largest absolute Gasteiger partial charge is 0.479 e. The topological polar surface area (TPSA) is 95.9 Å². The number of nitrogens with one attached hydrogen (secondary N) is 1. The van der Waals surface area contributed by atoms with Crippen LogP contribution in [0.4, 0.5) is 0 Å². The summed E-state index contributed by atoms with van der Waals surface area (Å²) >= 11 is 0. The van der Waals surface area contributed by atoms with Gasteiger partial charge in [-0.15, -0.1) is 0 Å². The van der Waals surface area contributed by atoms with E-state index >= 15 is 0 Å². The Labute approximate surface area is 111 Å². The first-order valence-electron chi connectivity index (χ1n) is 6.37. The molecule has 0 aromatic rings. The Kier molecular flexibility index (Phi) is 5.75. The van der Waals surface area contributed by atoms with Gasteiger partial charge < -0.3 is 20.1 Å². The molecule has 0 radical (unpaired) electrons. The minimum atomic E-state index is -1.05. The monoisotopic (exact) mass is 272 g/mol. The van der Waals surface area contributed by atoms with Crippen molar-refractivity contribution in [2.24, 2.45) is 0 Å². The van der Waals surface area contributed by atoms with Crippen LogP contribution in [0.3, 0.4) is 0 Å². The lowest BCUT2D eigenvalue weighted by molar-refractivity contribution is -0.155. The average Bonchev–Trinajstić information content (AvgIpc) is 2.86. The molecule has 0 aromatic carbocycles. The number of likely N-dealkylation sites (N-methyl/N-ethyl adjacent to an activating group) is 1. The number of aliphatic carboxylic acids is 1. The van der Waals surface area contributed by atoms with Gasteiger partial charge in [0, 0.05) is 13.6 Å². The second-order valence-electron chi connectivity index (χ2n) is 4.46. The molecule has 108 valence electrons. The highest BCUT2D eigenvalue weighted by molar-refractivity contribution is 5.87. The van der Waals surface area contributed by atoms with E-state index in [9.17, 15) is 14.4 Å². The predicted molar refractivity (Wildman–Crippen MR) is 66.5 cm³/mol. The summed E-state index contributed by atoms with van der Waals surface area (Å²) in [6.45, 7) is 2.32. The van der Waals surface area contributed by atoms with Crippen molar-refractivity contribution in [3.8, 4) is 0 Å². The molecule has 1 aliphatic heterocycles. The van der Waals surface area contributed by atoms with Gasteiger partial charge >= 0.3 is 5.97 Å². The minimum absolute atomic E-state index is 0.0270. The van der Waals surface area contributed by atoms with Crippen LogP contribution in [0.15, 0.2) is 0 Å². The van der Waals surface area contributed by atoms with E-state index < -0.39 is 18.2 Å². The first-order valence-corrected chi connectivity index (χ1v) is 6.37. The molecule has 19 heavy (non-hydrogen) atoms. The molecular weight excluding hydrogens is 252 g/mol. The van der Waals surface area contributed by atoms with Crippen LogP contribution >= 0.6 is 0 Å². The van der Waals surface area contributed by atoms with Crippen LogP contribution in [0.25, 0.3) is 0 Å². The minimum Gasteiger partial charge on any atom is -0.479 e. The lowest BCUT2D eigenvalue weighted by Gasteiger charge is -2.24. The highest BCUT2D eigenvalue weighted by Crippen LogP contribution is 2.21. The molecule has 0 aliphatic carbocycles. The first kappa shape index (κ1) is 15.4. The van der Waals surface area contributed by atoms with E-state index in [1.165, 1.54) is 11.9 Å². The molecule has 0 aromatic heterocycles. The summed E-state index contributed by atoms with van der Waals surface area (Å²) in [6.07, 6.45) is -0.248. The van der Waals surface area contributed by atoms with Gasteiger partial charge in [0.25, 0.3) is 5.91 Å². The van der Waals surface area contributed by atoms with Crippen molar-refractivity contribution in [3.05, 3.63) is 0 Å². The second kappa shape index (κ2) is 7.08. The molecule has 0 spiro atoms. The van der Waals surface area contributed by atoms with E-state index in [0.29, 0.717) is 19.4 Å². The number of carboxylic acids is 1. The molecule has 2 unspecified atom stereocenters. The Morgan fingerprint density at radius 2 is 1.95 bits per heavy atom. The molecule has 2 N–H and O–H groups in total. The number of nitrogens with zero attached hydrogens (tertiary/aromatic N) is 1. The van der Waals surface area contributed by atoms with Gasteiger partial charge in [0.05, 0.1) is 6.54 Å². The third kappa shape index (κ3) is 4.20. The van der Waals surface area contributed by atoms with Gasteiger partial charge in [0.15, 0.2) is 6.10 Å². The number of hydrogen-bond donors (Lipinski definition) is 2. The summed E-state index contributed by atoms with van der Waals surface area (Å²) < 4.78 is 5.20. The van der Waals surface area contributed by atoms with Crippen LogP contribution < -0.4 is 5.32 Å². The van der Waals surface area contributed by atoms with Crippen molar-refractivity contribution in [1.29, 1.82) is 0 Å². The maximum Gasteiger partial charge on any atom is 0.332 e. The highest BCUT2D eigenvalue weighted by Gasteiger charge is 2.36. The molecule has 2 atom stereocenters. The molecule has 1 rings (SSSR count). The fourth-order valence-corrected chi connectivity index (χ4v) is 1.99. The number of ether oxygens (including phenoxy) is 1. The van der Waals surface area contributed by atoms with Crippen LogP contribution in [0.2, 0.25) is 0 Å². The lowest BCUT2D eigenvalue weighted by atomic mass is 10.1. The fraction of sp³-hybridized carbons (Fsp3) is 0.750. The molecule has 7 nitrogen and oxygen atoms in total. The van der Waals surface area contributed by atoms with E-state index in [1.807, 2.05) is 6.92 Å². The molecule has 1 aliphatic rings. The zero-order valence-corrected chi connectivity index (χ0v) is 11.2. The summed E-state index contributed by atoms with van der Waals surface area (Å²) in [5, 5.41) is 11.3. The Hall–Kier alpha value is -1.63. The van der Waals surface area contributed by atoms with E-state index in [4.69, 9.17) is 9.84 Å². The number of carboxylic acid groups (broad SMARTS) is 1. The second-order valence-corrected chi connectivity index (χ2v) is 4.46. The van der Waals surface area contributed by atoms with Crippen molar-refractivity contribution < 1.29 is 24.2 Å². The van der Waals surface area contributed by atoms with Gasteiger partial charge in [-0.05, 0) is 19.3 Å². The van der Waals surface area contributed by atoms with Gasteiger partial charge in [-0.1, -0.05) is 6.92 Å². The van der Waals surface area contributed by atoms with Crippen molar-refractivity contribution in [2.45, 2.75) is 38.4 Å². The summed E-state index contributed by atoms with van der Waals surface area (Å²) in [5.74, 6) is -1.62. The average molecular weight is 272 g/mol. The van der Waals surface area contributed by atoms with Crippen LogP contribution in [-0.4, -0.2) is 60.1 Å². The van der Waals surface area contributed by atoms with Gasteiger partial charge in [0.2, 0.25) is 5.91 Å². The molecule has 2 amide bonds. The third-order valence-electron chi connectivity index (χ3n) is 2.99. The molecule has 0 bridgehead atoms. The van der Waals surface area contributed by atoms with Crippen molar-refractivity contribution in [3.63, 3.8) is 0 Å². The lowest BCUT2D eigenvalue weighted by Crippen LogP contribution is -2.45. The predicted octanol–water partition coefficient (Wildman–Crippen LogP) is -0.397. The molecule has 0 saturated carbocycles. The first-order chi connectivity index (χ1) is 8.99. The summed E-state index contributed by atoms with van der Waals surface area (Å²) in [4.78, 5) is 35.7. The van der Waals surface area contributed by atoms with Crippen molar-refractivity contribution in [2.75, 3.05) is 20.1 Å². The zero-order valence-electron chi connectivity index (χ0n) is 11.2. The molecule has 7 heteroatoms. The quantitative estimate of drug-likeness (QED) is 0.686. The Morgan fingerprint density at radius 3 is 2.42 bits per heavy atom. The van der Waals surface area contributed by atoms with E-state index in [-0.39, 0.29) is 18.4 Å². The SMILES string of the molecule is CCCN(CC(=O)NC)C(=O)C1CCC(C(=O)O)O1. The van der Waals surface area contributed by atoms with E-state index in [1.54, 1.807) is 0 Å². The number of amides is 2. The molecule has 1 fully saturated rings. The number of hydrogen-bond acceptors (Lipinski definition) is 4. The smallest absolute Gasteiger partial charge is 0.332 e. The number of carbonyl (C=O) groups excluding carboxylic acids is 2. The number of rotatable bonds is 6. The number of carbonyl (C=O) groups is 3. The Balaban J connectivity index is 2.61. The third-order valence-corrected chi connectivity index (χ3v) is 2.99. The Bertz CT molecular complexity index is 358. The Morgan fingerprint density at radius 1 is 1.32 bits per heavy atom. The standard InChI is InChI=1S/C12H20N2O5/c1-3-6-14(7-10(15)13-2)11(16)8-4-5-9(19-8)12(17)18/h8-9H,3-7H2,1-2H3,(H,13,15)(H,17,18). The molecule has 1 heterocycles. The van der Waals surface area contributed by atoms with Gasteiger partial charge in [-0.25, -0.2) is 4.79 Å². The van der Waals surface area contributed by atoms with E-state index in [0.717, 1.165) is 6.42 Å². The molecule has 1 saturated heterocycles. The fourth-order valence-electron chi connectivity index (χ4n) is 1.99. The maximum absolute atomic E-state index is 12.2. The molecular formula is C12H20N2O5. The maximum atomic E-state index is 12.2. The van der Waals surface area contributed by atoms with Gasteiger partial charge in [0.1, 0.15) is 6.10 Å². The van der Waals surface area contributed by atoms with Gasteiger partial charge in [-0.2, -0.15) is 0 Å². The summed E-state index contributed by atoms with van der Waals surface area (Å²) in [5.41, 5.74) is 0. The van der Waals surface area contributed by atoms with Crippen LogP contribution in [-0.2, 0) is 19.1 Å². The van der Waals surface area contributed by atoms with Crippen LogP contribution in [0.1, 0.15) is 26.2 Å². The summed E-state index contributed by atoms with van der Waals surface area (Å²) in [7, 11) is 1.50. The zero-order chi connectivity index (χ0) is 14.4. The van der Waals surface area contributed by atoms with Crippen LogP contribution in [0.5, 0.6) is 0 Å². The van der Waals surface area contributed by atoms with Crippen LogP contribution in [0, 0.1) is 0 Å². The van der Waals surface area contributed by atoms with Crippen molar-refractivity contribution in [1.82, 2.24) is 10.2 Å². The highest BCUT2D eigenvalue weighted by atomic mass is 16.5. The van der Waals surface area contributed by atoms with E-state index in [2.05, 4.69) is 5.32 Å². The van der Waals surface area contributed by atoms with Crippen molar-refractivity contribution >= 4 is 17.8 Å².